The largest absolute Gasteiger partial charge is 0.484 e. The van der Waals surface area contributed by atoms with Gasteiger partial charge in [-0.2, -0.15) is 27.1 Å². The number of H-pyrrole nitrogens is 1. The minimum absolute atomic E-state index is 0.0381. The monoisotopic (exact) mass is 644 g/mol. The van der Waals surface area contributed by atoms with Crippen molar-refractivity contribution in [2.45, 2.75) is 38.8 Å². The molecule has 4 rings (SSSR count). The lowest BCUT2D eigenvalue weighted by molar-refractivity contribution is -0.141. The molecule has 0 aliphatic rings. The van der Waals surface area contributed by atoms with Crippen molar-refractivity contribution in [2.24, 2.45) is 5.73 Å². The number of hydrogen-bond acceptors (Lipinski definition) is 7. The summed E-state index contributed by atoms with van der Waals surface area (Å²) in [5, 5.41) is 9.14. The third-order valence-corrected chi connectivity index (χ3v) is 6.24. The summed E-state index contributed by atoms with van der Waals surface area (Å²) in [6, 6.07) is 12.6. The molecule has 44 heavy (non-hydrogen) atoms. The number of benzene rings is 2. The third-order valence-electron chi connectivity index (χ3n) is 5.49. The van der Waals surface area contributed by atoms with Gasteiger partial charge in [0.25, 0.3) is 0 Å². The summed E-state index contributed by atoms with van der Waals surface area (Å²) in [6.45, 7) is 5.62. The number of rotatable bonds is 10. The number of nitrogens with zero attached hydrogens (tertiary/aromatic N) is 2. The number of aromatic amines is 1. The maximum Gasteiger partial charge on any atom is 0.433 e. The Morgan fingerprint density at radius 1 is 1.05 bits per heavy atom. The van der Waals surface area contributed by atoms with E-state index in [0.29, 0.717) is 11.8 Å². The second kappa shape index (κ2) is 16.4. The second-order valence-corrected chi connectivity index (χ2v) is 9.35. The number of nitrogens with two attached hydrogens (primary N) is 1. The van der Waals surface area contributed by atoms with E-state index >= 15 is 0 Å². The van der Waals surface area contributed by atoms with Crippen molar-refractivity contribution in [3.63, 3.8) is 0 Å². The summed E-state index contributed by atoms with van der Waals surface area (Å²) in [6.07, 6.45) is -4.99. The number of nitrogens with one attached hydrogen (secondary N) is 3. The van der Waals surface area contributed by atoms with Crippen LogP contribution in [0.3, 0.4) is 0 Å². The molecule has 0 spiro atoms. The Morgan fingerprint density at radius 3 is 2.30 bits per heavy atom. The number of carbonyl (C=O) groups is 1. The highest BCUT2D eigenvalue weighted by Crippen LogP contribution is 2.36. The van der Waals surface area contributed by atoms with Crippen molar-refractivity contribution < 1.29 is 40.1 Å². The number of anilines is 3. The first-order chi connectivity index (χ1) is 21.0. The van der Waals surface area contributed by atoms with E-state index in [-0.39, 0.29) is 39.9 Å². The first kappa shape index (κ1) is 35.8. The van der Waals surface area contributed by atoms with Crippen molar-refractivity contribution in [1.82, 2.24) is 15.2 Å². The Hall–Kier alpha value is -4.44. The fraction of sp³-hybridized carbons (Fsp3) is 0.250. The van der Waals surface area contributed by atoms with E-state index in [0.717, 1.165) is 12.1 Å². The van der Waals surface area contributed by atoms with E-state index in [9.17, 15) is 35.3 Å². The van der Waals surface area contributed by atoms with E-state index in [1.165, 1.54) is 55.6 Å². The summed E-state index contributed by atoms with van der Waals surface area (Å²) in [5.74, 6) is -4.06. The molecule has 0 saturated heterocycles. The molecule has 2 atom stereocenters. The standard InChI is InChI=1S/C25H19F6N5O3S.C2H6.CH5N/c1-13(14-5-8-16(26)9-6-14)39-19-11-15(7-10-18(19)36-40(38)24(27)28)22-17(12-37)23(35-34-22)33-21-4-2-3-20(32-21)25(29,30)31;2*1-2/h2-13,24,36H,1H3,(H2,32,33,34,35);1-2H3;2H2,1H3. The van der Waals surface area contributed by atoms with Crippen LogP contribution in [0.25, 0.3) is 11.3 Å². The number of ether oxygens (including phenoxy) is 1. The molecule has 2 unspecified atom stereocenters. The number of aldehydes is 1. The lowest BCUT2D eigenvalue weighted by Gasteiger charge is -2.19. The van der Waals surface area contributed by atoms with Crippen LogP contribution in [0.2, 0.25) is 0 Å². The topological polar surface area (TPSA) is 135 Å². The molecule has 2 heterocycles. The molecular formula is C28H30F6N6O3S. The van der Waals surface area contributed by atoms with Gasteiger partial charge in [-0.1, -0.05) is 38.1 Å². The van der Waals surface area contributed by atoms with E-state index in [2.05, 4.69) is 31.0 Å². The first-order valence-electron chi connectivity index (χ1n) is 12.9. The lowest BCUT2D eigenvalue weighted by Crippen LogP contribution is -2.14. The maximum absolute atomic E-state index is 13.3. The minimum Gasteiger partial charge on any atom is -0.484 e. The van der Waals surface area contributed by atoms with Crippen molar-refractivity contribution in [3.05, 3.63) is 83.3 Å². The zero-order chi connectivity index (χ0) is 33.0. The van der Waals surface area contributed by atoms with E-state index in [4.69, 9.17) is 4.74 Å². The van der Waals surface area contributed by atoms with E-state index in [1.807, 2.05) is 13.8 Å². The van der Waals surface area contributed by atoms with Crippen molar-refractivity contribution in [2.75, 3.05) is 17.1 Å². The van der Waals surface area contributed by atoms with Crippen LogP contribution in [-0.2, 0) is 17.2 Å². The highest BCUT2D eigenvalue weighted by molar-refractivity contribution is 7.86. The quantitative estimate of drug-likeness (QED) is 0.106. The van der Waals surface area contributed by atoms with Gasteiger partial charge in [0.1, 0.15) is 29.2 Å². The molecule has 0 amide bonds. The van der Waals surface area contributed by atoms with Crippen LogP contribution in [0.5, 0.6) is 5.75 Å². The normalized spacial score (nSPS) is 12.2. The van der Waals surface area contributed by atoms with Crippen LogP contribution in [0, 0.1) is 5.82 Å². The predicted molar refractivity (Wildman–Crippen MR) is 157 cm³/mol. The van der Waals surface area contributed by atoms with Gasteiger partial charge >= 0.3 is 11.9 Å². The minimum atomic E-state index is -4.69. The average Bonchev–Trinajstić information content (AvgIpc) is 3.42. The average molecular weight is 645 g/mol. The number of halogens is 6. The van der Waals surface area contributed by atoms with Gasteiger partial charge in [0.15, 0.2) is 23.1 Å². The van der Waals surface area contributed by atoms with Gasteiger partial charge in [-0.25, -0.2) is 13.6 Å². The van der Waals surface area contributed by atoms with Gasteiger partial charge in [-0.15, -0.1) is 0 Å². The number of aromatic nitrogens is 3. The second-order valence-electron chi connectivity index (χ2n) is 8.19. The van der Waals surface area contributed by atoms with Crippen molar-refractivity contribution in [1.29, 1.82) is 0 Å². The summed E-state index contributed by atoms with van der Waals surface area (Å²) < 4.78 is 98.2. The Balaban J connectivity index is 0.00000162. The molecule has 2 aromatic carbocycles. The highest BCUT2D eigenvalue weighted by atomic mass is 32.2. The number of pyridine rings is 1. The first-order valence-corrected chi connectivity index (χ1v) is 14.1. The molecule has 0 radical (unpaired) electrons. The van der Waals surface area contributed by atoms with Crippen LogP contribution in [0.1, 0.15) is 48.5 Å². The number of alkyl halides is 5. The SMILES string of the molecule is CC.CC(Oc1cc(-c2[nH]nc(Nc3cccc(C(F)(F)F)n3)c2C=O)ccc1NS(=O)C(F)F)c1ccc(F)cc1.CN. The molecule has 238 valence electrons. The van der Waals surface area contributed by atoms with Gasteiger partial charge in [-0.05, 0) is 55.9 Å². The smallest absolute Gasteiger partial charge is 0.433 e. The summed E-state index contributed by atoms with van der Waals surface area (Å²) in [7, 11) is -1.27. The van der Waals surface area contributed by atoms with Crippen LogP contribution in [0.4, 0.5) is 43.7 Å². The van der Waals surface area contributed by atoms with Gasteiger partial charge < -0.3 is 15.8 Å². The summed E-state index contributed by atoms with van der Waals surface area (Å²) in [5.41, 5.74) is 4.15. The highest BCUT2D eigenvalue weighted by Gasteiger charge is 2.32. The molecule has 5 N–H and O–H groups in total. The molecule has 0 bridgehead atoms. The molecule has 0 aliphatic carbocycles. The molecule has 0 saturated carbocycles. The molecule has 9 nitrogen and oxygen atoms in total. The maximum atomic E-state index is 13.3. The summed E-state index contributed by atoms with van der Waals surface area (Å²) in [4.78, 5) is 15.4. The van der Waals surface area contributed by atoms with Gasteiger partial charge in [0.2, 0.25) is 0 Å². The number of hydrogen-bond donors (Lipinski definition) is 4. The molecule has 16 heteroatoms. The Bertz CT molecular complexity index is 1530. The van der Waals surface area contributed by atoms with Gasteiger partial charge in [0.05, 0.1) is 16.9 Å². The molecule has 0 aliphatic heterocycles. The van der Waals surface area contributed by atoms with Crippen LogP contribution < -0.4 is 20.5 Å². The Labute approximate surface area is 251 Å². The third kappa shape index (κ3) is 9.28. The van der Waals surface area contributed by atoms with Crippen molar-refractivity contribution >= 4 is 34.6 Å². The van der Waals surface area contributed by atoms with E-state index in [1.54, 1.807) is 6.92 Å². The lowest BCUT2D eigenvalue weighted by atomic mass is 10.1. The van der Waals surface area contributed by atoms with E-state index < -0.39 is 40.5 Å². The fourth-order valence-corrected chi connectivity index (χ4v) is 4.04. The Kier molecular flexibility index (Phi) is 13.3. The van der Waals surface area contributed by atoms with Crippen LogP contribution in [-0.4, -0.2) is 38.5 Å². The molecule has 0 fully saturated rings. The van der Waals surface area contributed by atoms with Crippen LogP contribution in [0.15, 0.2) is 60.7 Å². The van der Waals surface area contributed by atoms with Crippen LogP contribution >= 0.6 is 0 Å². The molecule has 4 aromatic rings. The summed E-state index contributed by atoms with van der Waals surface area (Å²) >= 11 is 0. The zero-order valence-electron chi connectivity index (χ0n) is 23.9. The van der Waals surface area contributed by atoms with Gasteiger partial charge in [-0.3, -0.25) is 14.6 Å². The van der Waals surface area contributed by atoms with Gasteiger partial charge in [0, 0.05) is 5.56 Å². The Morgan fingerprint density at radius 2 is 1.70 bits per heavy atom. The fourth-order valence-electron chi connectivity index (χ4n) is 3.57. The predicted octanol–water partition coefficient (Wildman–Crippen LogP) is 7.23. The molecule has 2 aromatic heterocycles. The zero-order valence-corrected chi connectivity index (χ0v) is 24.7. The molecular weight excluding hydrogens is 614 g/mol. The number of carbonyl (C=O) groups excluding carboxylic acids is 1. The van der Waals surface area contributed by atoms with Crippen molar-refractivity contribution in [3.8, 4) is 17.0 Å².